The van der Waals surface area contributed by atoms with Crippen LogP contribution in [0.3, 0.4) is 0 Å². The molecule has 31 heavy (non-hydrogen) atoms. The van der Waals surface area contributed by atoms with Crippen molar-refractivity contribution < 1.29 is 23.5 Å². The van der Waals surface area contributed by atoms with Gasteiger partial charge in [0.1, 0.15) is 5.00 Å². The summed E-state index contributed by atoms with van der Waals surface area (Å²) in [5.74, 6) is -1.53. The molecule has 2 aromatic heterocycles. The van der Waals surface area contributed by atoms with Gasteiger partial charge in [-0.1, -0.05) is 0 Å². The molecule has 10 heteroatoms. The topological polar surface area (TPSA) is 136 Å². The zero-order valence-electron chi connectivity index (χ0n) is 16.7. The number of hydrogen-bond acceptors (Lipinski definition) is 8. The van der Waals surface area contributed by atoms with Gasteiger partial charge in [-0.05, 0) is 37.0 Å². The summed E-state index contributed by atoms with van der Waals surface area (Å²) >= 11 is 1.32. The van der Waals surface area contributed by atoms with E-state index >= 15 is 0 Å². The molecule has 0 atom stereocenters. The van der Waals surface area contributed by atoms with Crippen LogP contribution in [0.4, 0.5) is 5.00 Å². The molecular formula is C21H20N4O5S. The molecule has 0 bridgehead atoms. The largest absolute Gasteiger partial charge is 0.459 e. The molecule has 2 aromatic rings. The summed E-state index contributed by atoms with van der Waals surface area (Å²) in [7, 11) is 0. The van der Waals surface area contributed by atoms with Crippen LogP contribution in [-0.2, 0) is 22.4 Å². The van der Waals surface area contributed by atoms with Gasteiger partial charge >= 0.3 is 5.97 Å². The van der Waals surface area contributed by atoms with Crippen LogP contribution in [-0.4, -0.2) is 42.4 Å². The lowest BCUT2D eigenvalue weighted by atomic mass is 10.1. The molecule has 0 fully saturated rings. The summed E-state index contributed by atoms with van der Waals surface area (Å²) in [6.45, 7) is -0.189. The maximum Gasteiger partial charge on any atom is 0.341 e. The van der Waals surface area contributed by atoms with Gasteiger partial charge in [-0.25, -0.2) is 4.79 Å². The number of rotatable bonds is 9. The highest BCUT2D eigenvalue weighted by Crippen LogP contribution is 2.39. The van der Waals surface area contributed by atoms with Crippen LogP contribution in [0.15, 0.2) is 22.8 Å². The van der Waals surface area contributed by atoms with Crippen molar-refractivity contribution in [2.45, 2.75) is 32.1 Å². The Bertz CT molecular complexity index is 1030. The van der Waals surface area contributed by atoms with Crippen molar-refractivity contribution in [1.29, 1.82) is 10.5 Å². The Kier molecular flexibility index (Phi) is 7.41. The van der Waals surface area contributed by atoms with E-state index in [0.717, 1.165) is 23.3 Å². The van der Waals surface area contributed by atoms with Crippen molar-refractivity contribution in [3.8, 4) is 12.1 Å². The fourth-order valence-electron chi connectivity index (χ4n) is 3.30. The summed E-state index contributed by atoms with van der Waals surface area (Å²) < 4.78 is 10.4. The summed E-state index contributed by atoms with van der Waals surface area (Å²) in [5, 5.41) is 20.6. The monoisotopic (exact) mass is 440 g/mol. The molecule has 160 valence electrons. The first-order valence-electron chi connectivity index (χ1n) is 9.73. The lowest BCUT2D eigenvalue weighted by molar-refractivity contribution is -0.134. The number of aryl methyl sites for hydroxylation is 1. The molecule has 9 nitrogen and oxygen atoms in total. The van der Waals surface area contributed by atoms with Crippen LogP contribution in [0.2, 0.25) is 0 Å². The number of esters is 1. The average Bonchev–Trinajstić information content (AvgIpc) is 3.49. The summed E-state index contributed by atoms with van der Waals surface area (Å²) in [5.41, 5.74) is 1.11. The maximum absolute atomic E-state index is 12.8. The van der Waals surface area contributed by atoms with Crippen LogP contribution >= 0.6 is 11.3 Å². The molecule has 0 aromatic carbocycles. The second-order valence-electron chi connectivity index (χ2n) is 6.77. The van der Waals surface area contributed by atoms with Gasteiger partial charge in [-0.3, -0.25) is 9.59 Å². The number of ether oxygens (including phenoxy) is 1. The summed E-state index contributed by atoms with van der Waals surface area (Å²) in [6.07, 6.45) is 4.03. The highest BCUT2D eigenvalue weighted by atomic mass is 32.1. The number of nitriles is 2. The normalized spacial score (nSPS) is 11.8. The van der Waals surface area contributed by atoms with Crippen molar-refractivity contribution in [1.82, 2.24) is 4.90 Å². The first-order valence-corrected chi connectivity index (χ1v) is 10.5. The molecule has 1 N–H and O–H groups in total. The molecular weight excluding hydrogens is 420 g/mol. The second kappa shape index (κ2) is 10.4. The van der Waals surface area contributed by atoms with Crippen molar-refractivity contribution in [3.05, 3.63) is 40.2 Å². The predicted molar refractivity (Wildman–Crippen MR) is 110 cm³/mol. The predicted octanol–water partition coefficient (Wildman–Crippen LogP) is 2.89. The third-order valence-corrected chi connectivity index (χ3v) is 5.97. The number of fused-ring (bicyclic) bond motifs is 1. The fourth-order valence-corrected chi connectivity index (χ4v) is 4.58. The average molecular weight is 440 g/mol. The van der Waals surface area contributed by atoms with E-state index in [4.69, 9.17) is 19.7 Å². The number of thiophene rings is 1. The van der Waals surface area contributed by atoms with Gasteiger partial charge in [0, 0.05) is 18.0 Å². The lowest BCUT2D eigenvalue weighted by Crippen LogP contribution is -2.36. The van der Waals surface area contributed by atoms with Crippen LogP contribution in [0.1, 0.15) is 50.6 Å². The number of amides is 2. The highest BCUT2D eigenvalue weighted by Gasteiger charge is 2.29. The van der Waals surface area contributed by atoms with E-state index in [9.17, 15) is 14.4 Å². The number of carbonyl (C=O) groups excluding carboxylic acids is 3. The van der Waals surface area contributed by atoms with Crippen molar-refractivity contribution in [2.75, 3.05) is 25.0 Å². The number of nitrogens with one attached hydrogen (secondary N) is 1. The fraction of sp³-hybridized carbons (Fsp3) is 0.381. The molecule has 0 aliphatic heterocycles. The van der Waals surface area contributed by atoms with Crippen LogP contribution in [0.25, 0.3) is 0 Å². The minimum Gasteiger partial charge on any atom is -0.459 e. The first-order chi connectivity index (χ1) is 15.0. The molecule has 0 unspecified atom stereocenters. The smallest absolute Gasteiger partial charge is 0.341 e. The van der Waals surface area contributed by atoms with E-state index in [0.29, 0.717) is 11.4 Å². The van der Waals surface area contributed by atoms with Gasteiger partial charge in [0.2, 0.25) is 0 Å². The Morgan fingerprint density at radius 3 is 2.58 bits per heavy atom. The zero-order chi connectivity index (χ0) is 22.2. The molecule has 2 heterocycles. The van der Waals surface area contributed by atoms with E-state index in [1.165, 1.54) is 28.6 Å². The molecule has 2 amide bonds. The number of nitrogens with zero attached hydrogens (tertiary/aromatic N) is 3. The third-order valence-electron chi connectivity index (χ3n) is 4.76. The van der Waals surface area contributed by atoms with E-state index in [1.54, 1.807) is 6.07 Å². The van der Waals surface area contributed by atoms with E-state index < -0.39 is 24.4 Å². The Morgan fingerprint density at radius 1 is 1.19 bits per heavy atom. The van der Waals surface area contributed by atoms with Crippen LogP contribution in [0, 0.1) is 22.7 Å². The van der Waals surface area contributed by atoms with Gasteiger partial charge < -0.3 is 19.4 Å². The van der Waals surface area contributed by atoms with E-state index in [1.807, 2.05) is 12.1 Å². The summed E-state index contributed by atoms with van der Waals surface area (Å²) in [6, 6.07) is 7.01. The Morgan fingerprint density at radius 2 is 1.94 bits per heavy atom. The molecule has 3 rings (SSSR count). The number of furan rings is 1. The van der Waals surface area contributed by atoms with Crippen LogP contribution < -0.4 is 5.32 Å². The standard InChI is InChI=1S/C21H20N4O5S/c22-8-3-10-25(11-4-9-23)17(26)13-30-21(28)18-14-5-1-7-16(14)31-20(18)24-19(27)15-6-2-12-29-15/h2,6,12H,1,3-5,7,10-11,13H2,(H,24,27). The van der Waals surface area contributed by atoms with Gasteiger partial charge in [-0.15, -0.1) is 11.3 Å². The molecule has 1 aliphatic carbocycles. The number of hydrogen-bond donors (Lipinski definition) is 1. The molecule has 0 radical (unpaired) electrons. The molecule has 0 spiro atoms. The SMILES string of the molecule is N#CCCN(CCC#N)C(=O)COC(=O)c1c(NC(=O)c2ccco2)sc2c1CCC2. The molecule has 0 saturated heterocycles. The highest BCUT2D eigenvalue weighted by molar-refractivity contribution is 7.17. The van der Waals surface area contributed by atoms with Gasteiger partial charge in [-0.2, -0.15) is 10.5 Å². The maximum atomic E-state index is 12.8. The third kappa shape index (κ3) is 5.30. The van der Waals surface area contributed by atoms with E-state index in [2.05, 4.69) is 5.32 Å². The van der Waals surface area contributed by atoms with Gasteiger partial charge in [0.25, 0.3) is 11.8 Å². The number of carbonyl (C=O) groups is 3. The van der Waals surface area contributed by atoms with Crippen molar-refractivity contribution in [2.24, 2.45) is 0 Å². The van der Waals surface area contributed by atoms with Crippen molar-refractivity contribution >= 4 is 34.1 Å². The van der Waals surface area contributed by atoms with Crippen molar-refractivity contribution in [3.63, 3.8) is 0 Å². The Labute approximate surface area is 182 Å². The first kappa shape index (κ1) is 22.1. The summed E-state index contributed by atoms with van der Waals surface area (Å²) in [4.78, 5) is 40.0. The Balaban J connectivity index is 1.71. The van der Waals surface area contributed by atoms with Gasteiger partial charge in [0.05, 0.1) is 36.8 Å². The molecule has 0 saturated carbocycles. The number of anilines is 1. The molecule has 1 aliphatic rings. The van der Waals surface area contributed by atoms with Crippen LogP contribution in [0.5, 0.6) is 0 Å². The second-order valence-corrected chi connectivity index (χ2v) is 7.87. The minimum atomic E-state index is -0.692. The lowest BCUT2D eigenvalue weighted by Gasteiger charge is -2.20. The quantitative estimate of drug-likeness (QED) is 0.592. The Hall–Kier alpha value is -3.63. The van der Waals surface area contributed by atoms with E-state index in [-0.39, 0.29) is 37.3 Å². The minimum absolute atomic E-state index is 0.117. The van der Waals surface area contributed by atoms with Gasteiger partial charge in [0.15, 0.2) is 12.4 Å². The zero-order valence-corrected chi connectivity index (χ0v) is 17.5.